The van der Waals surface area contributed by atoms with E-state index in [1.807, 2.05) is 32.9 Å². The number of aromatic nitrogens is 2. The number of ether oxygens (including phenoxy) is 1. The quantitative estimate of drug-likeness (QED) is 0.347. The van der Waals surface area contributed by atoms with E-state index in [-0.39, 0.29) is 23.7 Å². The van der Waals surface area contributed by atoms with Crippen LogP contribution < -0.4 is 10.5 Å². The lowest BCUT2D eigenvalue weighted by Gasteiger charge is -2.36. The monoisotopic (exact) mass is 486 g/mol. The SMILES string of the molecule is CCCCCN1C(=O)C(=Cc2c(N3CC(C)OC(C)C3)nc3ccc(C)cn3c2=O)SC1=S. The fraction of sp³-hybridized carbons (Fsp3) is 0.500. The van der Waals surface area contributed by atoms with E-state index in [2.05, 4.69) is 11.8 Å². The Morgan fingerprint density at radius 2 is 1.94 bits per heavy atom. The van der Waals surface area contributed by atoms with E-state index in [0.717, 1.165) is 24.8 Å². The van der Waals surface area contributed by atoms with E-state index in [1.54, 1.807) is 21.6 Å². The second kappa shape index (κ2) is 9.95. The van der Waals surface area contributed by atoms with E-state index in [4.69, 9.17) is 21.9 Å². The van der Waals surface area contributed by atoms with Gasteiger partial charge in [0.15, 0.2) is 0 Å². The lowest BCUT2D eigenvalue weighted by atomic mass is 10.1. The Balaban J connectivity index is 1.80. The van der Waals surface area contributed by atoms with Gasteiger partial charge in [0.1, 0.15) is 15.8 Å². The summed E-state index contributed by atoms with van der Waals surface area (Å²) in [5.74, 6) is 0.451. The first-order chi connectivity index (χ1) is 15.8. The minimum Gasteiger partial charge on any atom is -0.372 e. The number of thioether (sulfide) groups is 1. The number of carbonyl (C=O) groups is 1. The van der Waals surface area contributed by atoms with Crippen LogP contribution in [0.4, 0.5) is 5.82 Å². The highest BCUT2D eigenvalue weighted by molar-refractivity contribution is 8.26. The highest BCUT2D eigenvalue weighted by Gasteiger charge is 2.33. The number of carbonyl (C=O) groups excluding carboxylic acids is 1. The molecule has 1 amide bonds. The molecular weight excluding hydrogens is 456 g/mol. The molecule has 2 saturated heterocycles. The molecular formula is C24H30N4O3S2. The molecule has 33 heavy (non-hydrogen) atoms. The molecule has 2 aliphatic heterocycles. The van der Waals surface area contributed by atoms with Gasteiger partial charge < -0.3 is 9.64 Å². The van der Waals surface area contributed by atoms with E-state index in [1.165, 1.54) is 11.8 Å². The summed E-state index contributed by atoms with van der Waals surface area (Å²) < 4.78 is 7.99. The van der Waals surface area contributed by atoms with E-state index >= 15 is 0 Å². The van der Waals surface area contributed by atoms with Crippen molar-refractivity contribution in [2.24, 2.45) is 0 Å². The maximum Gasteiger partial charge on any atom is 0.267 e. The smallest absolute Gasteiger partial charge is 0.267 e. The molecule has 4 heterocycles. The molecule has 2 aromatic heterocycles. The van der Waals surface area contributed by atoms with Crippen LogP contribution in [0, 0.1) is 6.92 Å². The number of hydrogen-bond donors (Lipinski definition) is 0. The topological polar surface area (TPSA) is 67.2 Å². The van der Waals surface area contributed by atoms with Crippen molar-refractivity contribution in [3.8, 4) is 0 Å². The summed E-state index contributed by atoms with van der Waals surface area (Å²) in [5, 5.41) is 0. The number of pyridine rings is 1. The molecule has 0 spiro atoms. The normalized spacial score (nSPS) is 22.7. The van der Waals surface area contributed by atoms with Crippen molar-refractivity contribution in [1.29, 1.82) is 0 Å². The summed E-state index contributed by atoms with van der Waals surface area (Å²) in [6, 6.07) is 3.79. The van der Waals surface area contributed by atoms with Crippen molar-refractivity contribution < 1.29 is 9.53 Å². The predicted molar refractivity (Wildman–Crippen MR) is 138 cm³/mol. The molecule has 0 N–H and O–H groups in total. The highest BCUT2D eigenvalue weighted by atomic mass is 32.2. The summed E-state index contributed by atoms with van der Waals surface area (Å²) in [6.45, 7) is 9.94. The van der Waals surface area contributed by atoms with Gasteiger partial charge in [-0.05, 0) is 44.9 Å². The van der Waals surface area contributed by atoms with Crippen LogP contribution in [0.1, 0.15) is 51.2 Å². The summed E-state index contributed by atoms with van der Waals surface area (Å²) >= 11 is 6.74. The second-order valence-corrected chi connectivity index (χ2v) is 10.5. The number of morpholine rings is 1. The minimum atomic E-state index is -0.193. The van der Waals surface area contributed by atoms with Crippen LogP contribution in [0.15, 0.2) is 28.0 Å². The van der Waals surface area contributed by atoms with Crippen molar-refractivity contribution in [3.05, 3.63) is 44.7 Å². The van der Waals surface area contributed by atoms with Crippen LogP contribution in [0.3, 0.4) is 0 Å². The molecule has 2 aromatic rings. The maximum atomic E-state index is 13.6. The van der Waals surface area contributed by atoms with Crippen molar-refractivity contribution in [3.63, 3.8) is 0 Å². The van der Waals surface area contributed by atoms with Gasteiger partial charge in [-0.15, -0.1) is 0 Å². The molecule has 2 fully saturated rings. The van der Waals surface area contributed by atoms with Gasteiger partial charge in [-0.2, -0.15) is 0 Å². The van der Waals surface area contributed by atoms with Crippen LogP contribution in [0.2, 0.25) is 0 Å². The number of rotatable bonds is 6. The van der Waals surface area contributed by atoms with Crippen LogP contribution in [0.25, 0.3) is 11.7 Å². The van der Waals surface area contributed by atoms with Gasteiger partial charge in [0, 0.05) is 25.8 Å². The van der Waals surface area contributed by atoms with E-state index in [0.29, 0.717) is 45.9 Å². The van der Waals surface area contributed by atoms with Crippen LogP contribution in [-0.2, 0) is 9.53 Å². The molecule has 9 heteroatoms. The molecule has 2 aliphatic rings. The molecule has 2 atom stereocenters. The van der Waals surface area contributed by atoms with E-state index in [9.17, 15) is 9.59 Å². The third-order valence-corrected chi connectivity index (χ3v) is 7.22. The number of aryl methyl sites for hydroxylation is 1. The molecule has 4 rings (SSSR count). The van der Waals surface area contributed by atoms with Gasteiger partial charge in [0.25, 0.3) is 11.5 Å². The third-order valence-electron chi connectivity index (χ3n) is 5.84. The van der Waals surface area contributed by atoms with Gasteiger partial charge in [-0.25, -0.2) is 4.98 Å². The van der Waals surface area contributed by atoms with Crippen LogP contribution in [-0.4, -0.2) is 56.4 Å². The Hall–Kier alpha value is -2.23. The first-order valence-corrected chi connectivity index (χ1v) is 12.7. The predicted octanol–water partition coefficient (Wildman–Crippen LogP) is 4.01. The highest BCUT2D eigenvalue weighted by Crippen LogP contribution is 2.34. The van der Waals surface area contributed by atoms with Crippen molar-refractivity contribution in [1.82, 2.24) is 14.3 Å². The van der Waals surface area contributed by atoms with Crippen molar-refractivity contribution >= 4 is 51.7 Å². The number of nitrogens with zero attached hydrogens (tertiary/aromatic N) is 4. The largest absolute Gasteiger partial charge is 0.372 e. The molecule has 176 valence electrons. The standard InChI is InChI=1S/C24H30N4O3S2/c1-5-6-7-10-27-23(30)19(33-24(27)32)11-18-21(26-13-16(3)31-17(4)14-26)25-20-9-8-15(2)12-28(20)22(18)29/h8-9,11-12,16-17H,5-7,10,13-14H2,1-4H3. The molecule has 2 unspecified atom stereocenters. The van der Waals surface area contributed by atoms with Crippen molar-refractivity contribution in [2.75, 3.05) is 24.5 Å². The zero-order chi connectivity index (χ0) is 23.7. The molecule has 7 nitrogen and oxygen atoms in total. The van der Waals surface area contributed by atoms with E-state index < -0.39 is 0 Å². The van der Waals surface area contributed by atoms with Crippen LogP contribution >= 0.6 is 24.0 Å². The van der Waals surface area contributed by atoms with Gasteiger partial charge in [0.05, 0.1) is 22.7 Å². The second-order valence-electron chi connectivity index (χ2n) is 8.79. The number of hydrogen-bond acceptors (Lipinski definition) is 7. The lowest BCUT2D eigenvalue weighted by Crippen LogP contribution is -2.46. The first kappa shape index (κ1) is 23.9. The summed E-state index contributed by atoms with van der Waals surface area (Å²) in [6.07, 6.45) is 6.51. The minimum absolute atomic E-state index is 0.0108. The van der Waals surface area contributed by atoms with Gasteiger partial charge in [-0.3, -0.25) is 18.9 Å². The number of unbranched alkanes of at least 4 members (excludes halogenated alkanes) is 2. The molecule has 0 aliphatic carbocycles. The fourth-order valence-corrected chi connectivity index (χ4v) is 5.60. The summed E-state index contributed by atoms with van der Waals surface area (Å²) in [7, 11) is 0. The molecule has 0 saturated carbocycles. The Kier molecular flexibility index (Phi) is 7.21. The van der Waals surface area contributed by atoms with Crippen LogP contribution in [0.5, 0.6) is 0 Å². The summed E-state index contributed by atoms with van der Waals surface area (Å²) in [5.41, 5.74) is 1.76. The first-order valence-electron chi connectivity index (χ1n) is 11.5. The zero-order valence-corrected chi connectivity index (χ0v) is 21.2. The van der Waals surface area contributed by atoms with Gasteiger partial charge in [-0.1, -0.05) is 49.8 Å². The van der Waals surface area contributed by atoms with Gasteiger partial charge in [0.2, 0.25) is 0 Å². The average molecular weight is 487 g/mol. The molecule has 0 bridgehead atoms. The number of fused-ring (bicyclic) bond motifs is 1. The Labute approximate surface area is 203 Å². The van der Waals surface area contributed by atoms with Gasteiger partial charge >= 0.3 is 0 Å². The number of anilines is 1. The molecule has 0 radical (unpaired) electrons. The number of thiocarbonyl (C=S) groups is 1. The fourth-order valence-electron chi connectivity index (χ4n) is 4.31. The Morgan fingerprint density at radius 3 is 2.64 bits per heavy atom. The zero-order valence-electron chi connectivity index (χ0n) is 19.5. The maximum absolute atomic E-state index is 13.6. The molecule has 0 aromatic carbocycles. The lowest BCUT2D eigenvalue weighted by molar-refractivity contribution is -0.122. The Morgan fingerprint density at radius 1 is 1.21 bits per heavy atom. The average Bonchev–Trinajstić information content (AvgIpc) is 3.02. The third kappa shape index (κ3) is 5.00. The summed E-state index contributed by atoms with van der Waals surface area (Å²) in [4.78, 5) is 35.8. The van der Waals surface area contributed by atoms with Crippen molar-refractivity contribution in [2.45, 2.75) is 59.2 Å². The number of amides is 1. The Bertz CT molecular complexity index is 1170.